The minimum absolute atomic E-state index is 0.0154. The largest absolute Gasteiger partial charge is 0.494 e. The Morgan fingerprint density at radius 2 is 2.23 bits per heavy atom. The number of carbonyl (C=O) groups is 1. The number of methoxy groups -OCH3 is 1. The zero-order valence-electron chi connectivity index (χ0n) is 12.1. The lowest BCUT2D eigenvalue weighted by molar-refractivity contribution is 0.0623. The predicted molar refractivity (Wildman–Crippen MR) is 78.7 cm³/mol. The minimum atomic E-state index is -3.15. The summed E-state index contributed by atoms with van der Waals surface area (Å²) >= 11 is 0. The van der Waals surface area contributed by atoms with Crippen molar-refractivity contribution < 1.29 is 23.1 Å². The van der Waals surface area contributed by atoms with Gasteiger partial charge in [0.05, 0.1) is 23.7 Å². The van der Waals surface area contributed by atoms with Crippen LogP contribution in [-0.4, -0.2) is 67.1 Å². The van der Waals surface area contributed by atoms with Crippen LogP contribution >= 0.6 is 0 Å². The molecule has 22 heavy (non-hydrogen) atoms. The van der Waals surface area contributed by atoms with E-state index in [1.807, 2.05) is 0 Å². The average molecular weight is 330 g/mol. The number of rotatable bonds is 5. The fourth-order valence-electron chi connectivity index (χ4n) is 2.48. The molecule has 1 aromatic heterocycles. The van der Waals surface area contributed by atoms with Crippen LogP contribution in [0.4, 0.5) is 0 Å². The third-order valence-electron chi connectivity index (χ3n) is 3.52. The van der Waals surface area contributed by atoms with Crippen molar-refractivity contribution in [2.45, 2.75) is 12.5 Å². The summed E-state index contributed by atoms with van der Waals surface area (Å²) in [7, 11) is -1.67. The Kier molecular flexibility index (Phi) is 4.87. The van der Waals surface area contributed by atoms with E-state index in [2.05, 4.69) is 4.98 Å². The van der Waals surface area contributed by atoms with Crippen LogP contribution in [-0.2, 0) is 14.6 Å². The van der Waals surface area contributed by atoms with Gasteiger partial charge in [-0.1, -0.05) is 0 Å². The normalized spacial score (nSPS) is 20.0. The zero-order valence-corrected chi connectivity index (χ0v) is 12.9. The first-order valence-corrected chi connectivity index (χ1v) is 8.58. The molecule has 2 N–H and O–H groups in total. The molecule has 1 aliphatic rings. The second-order valence-electron chi connectivity index (χ2n) is 5.17. The lowest BCUT2D eigenvalue weighted by atomic mass is 10.1. The van der Waals surface area contributed by atoms with Gasteiger partial charge in [0.15, 0.2) is 15.7 Å². The first-order chi connectivity index (χ1) is 10.3. The Hall–Kier alpha value is -1.87. The molecule has 0 spiro atoms. The second-order valence-corrected chi connectivity index (χ2v) is 7.40. The monoisotopic (exact) mass is 330 g/mol. The van der Waals surface area contributed by atoms with E-state index in [9.17, 15) is 23.1 Å². The zero-order chi connectivity index (χ0) is 16.3. The maximum atomic E-state index is 12.6. The summed E-state index contributed by atoms with van der Waals surface area (Å²) in [6.45, 7) is 0.459. The number of pyridine rings is 1. The summed E-state index contributed by atoms with van der Waals surface area (Å²) in [5.41, 5.74) is -0.587. The number of H-pyrrole nitrogens is 1. The molecular formula is C13H18N2O6S. The third kappa shape index (κ3) is 3.86. The van der Waals surface area contributed by atoms with Crippen molar-refractivity contribution >= 4 is 15.7 Å². The SMILES string of the molecule is COCCN(C(=O)c1cc(O)[nH]c(=O)c1)C1CCS(=O)(=O)C1. The van der Waals surface area contributed by atoms with E-state index in [0.29, 0.717) is 6.42 Å². The number of aromatic amines is 1. The number of nitrogens with zero attached hydrogens (tertiary/aromatic N) is 1. The molecule has 0 aromatic carbocycles. The minimum Gasteiger partial charge on any atom is -0.494 e. The van der Waals surface area contributed by atoms with E-state index < -0.39 is 33.2 Å². The smallest absolute Gasteiger partial charge is 0.254 e. The van der Waals surface area contributed by atoms with Crippen molar-refractivity contribution in [2.24, 2.45) is 0 Å². The molecule has 1 amide bonds. The summed E-state index contributed by atoms with van der Waals surface area (Å²) in [5.74, 6) is -0.978. The molecule has 0 radical (unpaired) electrons. The van der Waals surface area contributed by atoms with Crippen molar-refractivity contribution in [2.75, 3.05) is 31.8 Å². The number of aromatic nitrogens is 1. The number of hydrogen-bond donors (Lipinski definition) is 2. The van der Waals surface area contributed by atoms with Crippen LogP contribution in [0.2, 0.25) is 0 Å². The summed E-state index contributed by atoms with van der Waals surface area (Å²) in [5, 5.41) is 9.40. The summed E-state index contributed by atoms with van der Waals surface area (Å²) in [6.07, 6.45) is 0.354. The number of nitrogens with one attached hydrogen (secondary N) is 1. The van der Waals surface area contributed by atoms with Crippen LogP contribution in [0.25, 0.3) is 0 Å². The molecule has 0 bridgehead atoms. The van der Waals surface area contributed by atoms with Gasteiger partial charge in [0, 0.05) is 31.8 Å². The molecule has 9 heteroatoms. The van der Waals surface area contributed by atoms with E-state index in [1.165, 1.54) is 12.0 Å². The molecule has 1 atom stereocenters. The van der Waals surface area contributed by atoms with Gasteiger partial charge in [-0.15, -0.1) is 0 Å². The summed E-state index contributed by atoms with van der Waals surface area (Å²) in [4.78, 5) is 27.5. The highest BCUT2D eigenvalue weighted by atomic mass is 32.2. The van der Waals surface area contributed by atoms with Crippen molar-refractivity contribution in [3.63, 3.8) is 0 Å². The molecule has 0 aliphatic carbocycles. The Balaban J connectivity index is 2.28. The molecule has 2 rings (SSSR count). The van der Waals surface area contributed by atoms with Crippen LogP contribution in [0.1, 0.15) is 16.8 Å². The molecule has 0 saturated carbocycles. The quantitative estimate of drug-likeness (QED) is 0.741. The maximum Gasteiger partial charge on any atom is 0.254 e. The molecule has 1 fully saturated rings. The Morgan fingerprint density at radius 3 is 2.77 bits per heavy atom. The molecule has 8 nitrogen and oxygen atoms in total. The van der Waals surface area contributed by atoms with Crippen LogP contribution in [0, 0.1) is 0 Å². The van der Waals surface area contributed by atoms with Crippen LogP contribution in [0.15, 0.2) is 16.9 Å². The van der Waals surface area contributed by atoms with Crippen molar-refractivity contribution in [3.8, 4) is 5.88 Å². The average Bonchev–Trinajstić information content (AvgIpc) is 2.78. The molecule has 1 aliphatic heterocycles. The van der Waals surface area contributed by atoms with E-state index in [0.717, 1.165) is 12.1 Å². The van der Waals surface area contributed by atoms with Gasteiger partial charge in [0.2, 0.25) is 0 Å². The van der Waals surface area contributed by atoms with Crippen molar-refractivity contribution in [1.29, 1.82) is 0 Å². The molecule has 122 valence electrons. The van der Waals surface area contributed by atoms with Gasteiger partial charge < -0.3 is 14.7 Å². The topological polar surface area (TPSA) is 117 Å². The van der Waals surface area contributed by atoms with E-state index in [-0.39, 0.29) is 30.2 Å². The highest BCUT2D eigenvalue weighted by Gasteiger charge is 2.35. The third-order valence-corrected chi connectivity index (χ3v) is 5.27. The number of carbonyl (C=O) groups excluding carboxylic acids is 1. The van der Waals surface area contributed by atoms with E-state index in [1.54, 1.807) is 0 Å². The molecule has 2 heterocycles. The van der Waals surface area contributed by atoms with Gasteiger partial charge in [-0.25, -0.2) is 8.42 Å². The molecule has 1 aromatic rings. The summed E-state index contributed by atoms with van der Waals surface area (Å²) < 4.78 is 28.2. The fraction of sp³-hybridized carbons (Fsp3) is 0.538. The number of sulfone groups is 1. The first-order valence-electron chi connectivity index (χ1n) is 6.76. The summed E-state index contributed by atoms with van der Waals surface area (Å²) in [6, 6.07) is 1.77. The van der Waals surface area contributed by atoms with Gasteiger partial charge in [0.25, 0.3) is 11.5 Å². The molecule has 1 unspecified atom stereocenters. The highest BCUT2D eigenvalue weighted by Crippen LogP contribution is 2.20. The Morgan fingerprint density at radius 1 is 1.50 bits per heavy atom. The lowest BCUT2D eigenvalue weighted by Gasteiger charge is -2.28. The van der Waals surface area contributed by atoms with Gasteiger partial charge in [-0.05, 0) is 6.42 Å². The Bertz CT molecular complexity index is 711. The van der Waals surface area contributed by atoms with Crippen molar-refractivity contribution in [1.82, 2.24) is 9.88 Å². The van der Waals surface area contributed by atoms with Gasteiger partial charge in [-0.2, -0.15) is 0 Å². The number of hydrogen-bond acceptors (Lipinski definition) is 6. The molecular weight excluding hydrogens is 312 g/mol. The molecule has 1 saturated heterocycles. The maximum absolute atomic E-state index is 12.6. The number of amides is 1. The van der Waals surface area contributed by atoms with Crippen molar-refractivity contribution in [3.05, 3.63) is 28.0 Å². The van der Waals surface area contributed by atoms with E-state index in [4.69, 9.17) is 4.74 Å². The Labute approximate surface area is 127 Å². The first kappa shape index (κ1) is 16.5. The van der Waals surface area contributed by atoms with Gasteiger partial charge >= 0.3 is 0 Å². The van der Waals surface area contributed by atoms with Crippen LogP contribution in [0.3, 0.4) is 0 Å². The van der Waals surface area contributed by atoms with Gasteiger partial charge in [-0.3, -0.25) is 14.6 Å². The predicted octanol–water partition coefficient (Wildman–Crippen LogP) is -0.644. The lowest BCUT2D eigenvalue weighted by Crippen LogP contribution is -2.43. The van der Waals surface area contributed by atoms with Crippen LogP contribution < -0.4 is 5.56 Å². The number of aromatic hydroxyl groups is 1. The van der Waals surface area contributed by atoms with Gasteiger partial charge in [0.1, 0.15) is 0 Å². The van der Waals surface area contributed by atoms with E-state index >= 15 is 0 Å². The standard InChI is InChI=1S/C13H18N2O6S/c1-21-4-3-15(10-2-5-22(19,20)8-10)13(18)9-6-11(16)14-12(17)7-9/h6-7,10H,2-5,8H2,1H3,(H2,14,16,17). The fourth-order valence-corrected chi connectivity index (χ4v) is 4.21. The highest BCUT2D eigenvalue weighted by molar-refractivity contribution is 7.91. The van der Waals surface area contributed by atoms with Crippen LogP contribution in [0.5, 0.6) is 5.88 Å². The number of ether oxygens (including phenoxy) is 1. The second kappa shape index (κ2) is 6.49.